The fourth-order valence-electron chi connectivity index (χ4n) is 9.30. The minimum Gasteiger partial charge on any atom is -0.393 e. The second kappa shape index (κ2) is 8.27. The summed E-state index contributed by atoms with van der Waals surface area (Å²) in [4.78, 5) is 0. The number of aliphatic hydroxyl groups is 3. The Hall–Kier alpha value is -0.120. The summed E-state index contributed by atoms with van der Waals surface area (Å²) in [7, 11) is 0. The van der Waals surface area contributed by atoms with Gasteiger partial charge in [0.15, 0.2) is 0 Å². The number of rotatable bonds is 5. The lowest BCUT2D eigenvalue weighted by atomic mass is 9.42. The van der Waals surface area contributed by atoms with Crippen LogP contribution in [0.2, 0.25) is 0 Å². The molecule has 0 radical (unpaired) electrons. The van der Waals surface area contributed by atoms with Gasteiger partial charge in [-0.25, -0.2) is 0 Å². The van der Waals surface area contributed by atoms with E-state index in [1.165, 1.54) is 38.5 Å². The highest BCUT2D eigenvalue weighted by Crippen LogP contribution is 2.69. The van der Waals surface area contributed by atoms with Gasteiger partial charge < -0.3 is 15.3 Å². The molecule has 4 saturated carbocycles. The molecule has 31 heavy (non-hydrogen) atoms. The van der Waals surface area contributed by atoms with Crippen molar-refractivity contribution in [2.75, 3.05) is 0 Å². The zero-order chi connectivity index (χ0) is 22.8. The highest BCUT2D eigenvalue weighted by atomic mass is 16.3. The Morgan fingerprint density at radius 3 is 2.26 bits per heavy atom. The zero-order valence-corrected chi connectivity index (χ0v) is 21.1. The summed E-state index contributed by atoms with van der Waals surface area (Å²) in [6, 6.07) is 0. The topological polar surface area (TPSA) is 60.7 Å². The largest absolute Gasteiger partial charge is 0.393 e. The fourth-order valence-corrected chi connectivity index (χ4v) is 9.30. The summed E-state index contributed by atoms with van der Waals surface area (Å²) in [6.45, 7) is 14.4. The lowest BCUT2D eigenvalue weighted by Crippen LogP contribution is -2.68. The molecule has 0 aromatic rings. The Morgan fingerprint density at radius 2 is 1.58 bits per heavy atom. The van der Waals surface area contributed by atoms with E-state index in [4.69, 9.17) is 0 Å². The van der Waals surface area contributed by atoms with Crippen molar-refractivity contribution in [3.05, 3.63) is 0 Å². The Balaban J connectivity index is 1.52. The van der Waals surface area contributed by atoms with E-state index in [1.54, 1.807) is 0 Å². The van der Waals surface area contributed by atoms with Crippen molar-refractivity contribution in [2.45, 2.75) is 124 Å². The molecule has 0 bridgehead atoms. The molecule has 0 heterocycles. The monoisotopic (exact) mass is 434 g/mol. The van der Waals surface area contributed by atoms with Gasteiger partial charge in [-0.3, -0.25) is 0 Å². The van der Waals surface area contributed by atoms with Crippen LogP contribution in [0.15, 0.2) is 0 Å². The summed E-state index contributed by atoms with van der Waals surface area (Å²) in [5.74, 6) is 4.85. The first kappa shape index (κ1) is 24.0. The van der Waals surface area contributed by atoms with Crippen LogP contribution in [0, 0.1) is 52.3 Å². The third-order valence-electron chi connectivity index (χ3n) is 11.8. The maximum Gasteiger partial charge on any atom is 0.0985 e. The highest BCUT2D eigenvalue weighted by molar-refractivity contribution is 5.17. The average molecular weight is 435 g/mol. The smallest absolute Gasteiger partial charge is 0.0985 e. The van der Waals surface area contributed by atoms with E-state index in [2.05, 4.69) is 41.5 Å². The van der Waals surface area contributed by atoms with Gasteiger partial charge in [-0.1, -0.05) is 54.4 Å². The second-order valence-corrected chi connectivity index (χ2v) is 13.4. The normalized spacial score (nSPS) is 51.7. The van der Waals surface area contributed by atoms with Gasteiger partial charge in [0, 0.05) is 11.8 Å². The molecule has 11 atom stereocenters. The summed E-state index contributed by atoms with van der Waals surface area (Å²) in [5, 5.41) is 33.1. The summed E-state index contributed by atoms with van der Waals surface area (Å²) in [5.41, 5.74) is -0.981. The average Bonchev–Trinajstić information content (AvgIpc) is 3.05. The van der Waals surface area contributed by atoms with Gasteiger partial charge in [0.2, 0.25) is 0 Å². The molecule has 3 nitrogen and oxygen atoms in total. The van der Waals surface area contributed by atoms with E-state index in [1.807, 2.05) is 0 Å². The van der Waals surface area contributed by atoms with Crippen molar-refractivity contribution in [2.24, 2.45) is 52.3 Å². The molecule has 180 valence electrons. The van der Waals surface area contributed by atoms with Crippen molar-refractivity contribution in [3.8, 4) is 0 Å². The Labute approximate surface area is 191 Å². The van der Waals surface area contributed by atoms with Crippen LogP contribution in [0.25, 0.3) is 0 Å². The molecule has 3 N–H and O–H groups in total. The van der Waals surface area contributed by atoms with Crippen LogP contribution in [-0.2, 0) is 0 Å². The molecule has 4 fully saturated rings. The van der Waals surface area contributed by atoms with Crippen molar-refractivity contribution in [3.63, 3.8) is 0 Å². The first-order valence-electron chi connectivity index (χ1n) is 13.5. The summed E-state index contributed by atoms with van der Waals surface area (Å²) in [6.07, 6.45) is 9.33. The van der Waals surface area contributed by atoms with Gasteiger partial charge in [-0.15, -0.1) is 0 Å². The van der Waals surface area contributed by atoms with Crippen LogP contribution < -0.4 is 0 Å². The van der Waals surface area contributed by atoms with Gasteiger partial charge in [-0.05, 0) is 91.8 Å². The molecule has 0 saturated heterocycles. The third-order valence-corrected chi connectivity index (χ3v) is 11.8. The van der Waals surface area contributed by atoms with E-state index in [9.17, 15) is 15.3 Å². The third kappa shape index (κ3) is 3.64. The predicted octanol–water partition coefficient (Wildman–Crippen LogP) is 5.80. The molecule has 0 aliphatic heterocycles. The van der Waals surface area contributed by atoms with Crippen molar-refractivity contribution in [1.29, 1.82) is 0 Å². The van der Waals surface area contributed by atoms with E-state index in [0.29, 0.717) is 29.6 Å². The molecule has 0 amide bonds. The number of aliphatic hydroxyl groups excluding tert-OH is 2. The van der Waals surface area contributed by atoms with Crippen LogP contribution >= 0.6 is 0 Å². The molecular weight excluding hydrogens is 384 g/mol. The minimum absolute atomic E-state index is 0.258. The van der Waals surface area contributed by atoms with Crippen molar-refractivity contribution < 1.29 is 15.3 Å². The quantitative estimate of drug-likeness (QED) is 0.512. The SMILES string of the molecule is CC(C)[C@H](C)CC[C@@H](C)[C@H]1CC[C@H]2[C@@H]3C[C@@H](O)[C@@]4(O)C[C@@H](O)CC[C@]4(C)[C@H]3CC[C@]12C. The molecule has 0 unspecified atom stereocenters. The number of fused-ring (bicyclic) bond motifs is 5. The maximum atomic E-state index is 11.6. The van der Waals surface area contributed by atoms with Crippen LogP contribution in [0.4, 0.5) is 0 Å². The van der Waals surface area contributed by atoms with Crippen LogP contribution in [0.1, 0.15) is 106 Å². The molecule has 4 rings (SSSR count). The van der Waals surface area contributed by atoms with Crippen LogP contribution in [0.3, 0.4) is 0 Å². The van der Waals surface area contributed by atoms with E-state index in [0.717, 1.165) is 42.9 Å². The first-order chi connectivity index (χ1) is 14.4. The molecule has 0 aromatic heterocycles. The molecular formula is C28H50O3. The van der Waals surface area contributed by atoms with E-state index in [-0.39, 0.29) is 5.41 Å². The van der Waals surface area contributed by atoms with Gasteiger partial charge in [-0.2, -0.15) is 0 Å². The molecule has 4 aliphatic rings. The molecule has 3 heteroatoms. The van der Waals surface area contributed by atoms with E-state index < -0.39 is 17.8 Å². The fraction of sp³-hybridized carbons (Fsp3) is 1.00. The van der Waals surface area contributed by atoms with Gasteiger partial charge in [0.1, 0.15) is 0 Å². The molecule has 4 aliphatic carbocycles. The van der Waals surface area contributed by atoms with Gasteiger partial charge >= 0.3 is 0 Å². The Bertz CT molecular complexity index is 648. The summed E-state index contributed by atoms with van der Waals surface area (Å²) >= 11 is 0. The lowest BCUT2D eigenvalue weighted by Gasteiger charge is -2.65. The van der Waals surface area contributed by atoms with Gasteiger partial charge in [0.25, 0.3) is 0 Å². The lowest BCUT2D eigenvalue weighted by molar-refractivity contribution is -0.264. The number of hydrogen-bond donors (Lipinski definition) is 3. The standard InChI is InChI=1S/C28H50O3/c1-17(2)18(3)7-8-19(4)22-9-10-23-21-15-25(30)28(31)16-20(29)11-14-27(28,6)24(21)12-13-26(22,23)5/h17-25,29-31H,7-16H2,1-6H3/t18-,19-,20+,21+,22-,23+,24+,25-,26-,27-,28+/m1/s1. The highest BCUT2D eigenvalue weighted by Gasteiger charge is 2.67. The second-order valence-electron chi connectivity index (χ2n) is 13.4. The van der Waals surface area contributed by atoms with Gasteiger partial charge in [0.05, 0.1) is 17.8 Å². The molecule has 0 spiro atoms. The first-order valence-corrected chi connectivity index (χ1v) is 13.5. The van der Waals surface area contributed by atoms with E-state index >= 15 is 0 Å². The maximum absolute atomic E-state index is 11.6. The summed E-state index contributed by atoms with van der Waals surface area (Å²) < 4.78 is 0. The molecule has 0 aromatic carbocycles. The predicted molar refractivity (Wildman–Crippen MR) is 126 cm³/mol. The van der Waals surface area contributed by atoms with Crippen molar-refractivity contribution >= 4 is 0 Å². The number of hydrogen-bond acceptors (Lipinski definition) is 3. The minimum atomic E-state index is -1.11. The van der Waals surface area contributed by atoms with Crippen LogP contribution in [0.5, 0.6) is 0 Å². The van der Waals surface area contributed by atoms with Crippen molar-refractivity contribution in [1.82, 2.24) is 0 Å². The van der Waals surface area contributed by atoms with Crippen LogP contribution in [-0.4, -0.2) is 33.1 Å². The zero-order valence-electron chi connectivity index (χ0n) is 21.1. The Kier molecular flexibility index (Phi) is 6.41. The Morgan fingerprint density at radius 1 is 0.871 bits per heavy atom.